The van der Waals surface area contributed by atoms with Crippen molar-refractivity contribution in [2.24, 2.45) is 11.8 Å². The molecule has 5 nitrogen and oxygen atoms in total. The number of aliphatic carboxylic acids is 1. The van der Waals surface area contributed by atoms with Crippen molar-refractivity contribution in [1.29, 1.82) is 0 Å². The van der Waals surface area contributed by atoms with Crippen molar-refractivity contribution in [3.05, 3.63) is 59.7 Å². The lowest BCUT2D eigenvalue weighted by Gasteiger charge is -2.16. The predicted octanol–water partition coefficient (Wildman–Crippen LogP) is 3.48. The van der Waals surface area contributed by atoms with E-state index in [-0.39, 0.29) is 11.7 Å². The lowest BCUT2D eigenvalue weighted by Crippen LogP contribution is -2.19. The van der Waals surface area contributed by atoms with Crippen LogP contribution in [-0.4, -0.2) is 29.6 Å². The lowest BCUT2D eigenvalue weighted by atomic mass is 9.89. The quantitative estimate of drug-likeness (QED) is 0.637. The molecular formula is C21H24O5. The number of carboxylic acids is 1. The fourth-order valence-electron chi connectivity index (χ4n) is 2.93. The molecule has 0 bridgehead atoms. The molecule has 0 aliphatic heterocycles. The standard InChI is InChI=1S/C21H24O5/c1-26-20-10-5-16(6-11-20)13-18(21(24)25)7-2-17(14-22)12-15-3-8-19(23)9-4-15/h3-6,8-11,14,17-18,23H,2,7,12-13H2,1H3,(H,24,25)/t17-,18?/m1/s1. The Morgan fingerprint density at radius 2 is 1.58 bits per heavy atom. The molecule has 2 atom stereocenters. The Morgan fingerprint density at radius 1 is 1.00 bits per heavy atom. The highest BCUT2D eigenvalue weighted by atomic mass is 16.5. The van der Waals surface area contributed by atoms with Crippen molar-refractivity contribution in [3.63, 3.8) is 0 Å². The summed E-state index contributed by atoms with van der Waals surface area (Å²) < 4.78 is 5.11. The summed E-state index contributed by atoms with van der Waals surface area (Å²) in [6.07, 6.45) is 2.79. The van der Waals surface area contributed by atoms with Gasteiger partial charge in [0.15, 0.2) is 0 Å². The Morgan fingerprint density at radius 3 is 2.12 bits per heavy atom. The number of aromatic hydroxyl groups is 1. The van der Waals surface area contributed by atoms with Crippen molar-refractivity contribution in [3.8, 4) is 11.5 Å². The fraction of sp³-hybridized carbons (Fsp3) is 0.333. The van der Waals surface area contributed by atoms with E-state index in [1.54, 1.807) is 31.4 Å². The van der Waals surface area contributed by atoms with Crippen molar-refractivity contribution >= 4 is 12.3 Å². The van der Waals surface area contributed by atoms with Crippen LogP contribution < -0.4 is 4.74 Å². The zero-order chi connectivity index (χ0) is 18.9. The normalized spacial score (nSPS) is 13.0. The van der Waals surface area contributed by atoms with Crippen LogP contribution in [0.3, 0.4) is 0 Å². The number of aldehydes is 1. The third kappa shape index (κ3) is 5.92. The number of phenolic OH excluding ortho intramolecular Hbond substituents is 1. The van der Waals surface area contributed by atoms with Crippen LogP contribution in [0.15, 0.2) is 48.5 Å². The molecular weight excluding hydrogens is 332 g/mol. The van der Waals surface area contributed by atoms with Crippen LogP contribution in [0, 0.1) is 11.8 Å². The number of carbonyl (C=O) groups is 2. The van der Waals surface area contributed by atoms with Gasteiger partial charge >= 0.3 is 5.97 Å². The number of rotatable bonds is 10. The molecule has 0 aliphatic rings. The second kappa shape index (κ2) is 9.61. The molecule has 0 amide bonds. The van der Waals surface area contributed by atoms with E-state index in [9.17, 15) is 19.8 Å². The largest absolute Gasteiger partial charge is 0.508 e. The Labute approximate surface area is 153 Å². The highest BCUT2D eigenvalue weighted by Crippen LogP contribution is 2.22. The first kappa shape index (κ1) is 19.5. The smallest absolute Gasteiger partial charge is 0.306 e. The molecule has 2 aromatic carbocycles. The van der Waals surface area contributed by atoms with Gasteiger partial charge in [-0.05, 0) is 61.1 Å². The first-order valence-electron chi connectivity index (χ1n) is 8.60. The lowest BCUT2D eigenvalue weighted by molar-refractivity contribution is -0.142. The predicted molar refractivity (Wildman–Crippen MR) is 98.4 cm³/mol. The van der Waals surface area contributed by atoms with Gasteiger partial charge in [-0.2, -0.15) is 0 Å². The average molecular weight is 356 g/mol. The molecule has 2 rings (SSSR count). The third-order valence-electron chi connectivity index (χ3n) is 4.50. The van der Waals surface area contributed by atoms with Gasteiger partial charge in [-0.15, -0.1) is 0 Å². The van der Waals surface area contributed by atoms with E-state index in [1.807, 2.05) is 24.3 Å². The third-order valence-corrected chi connectivity index (χ3v) is 4.50. The van der Waals surface area contributed by atoms with Crippen molar-refractivity contribution in [2.45, 2.75) is 25.7 Å². The summed E-state index contributed by atoms with van der Waals surface area (Å²) in [5, 5.41) is 18.8. The monoisotopic (exact) mass is 356 g/mol. The van der Waals surface area contributed by atoms with Crippen LogP contribution in [0.2, 0.25) is 0 Å². The van der Waals surface area contributed by atoms with Gasteiger partial charge in [-0.25, -0.2) is 0 Å². The summed E-state index contributed by atoms with van der Waals surface area (Å²) in [7, 11) is 1.59. The maximum Gasteiger partial charge on any atom is 0.306 e. The molecule has 0 fully saturated rings. The van der Waals surface area contributed by atoms with Crippen LogP contribution >= 0.6 is 0 Å². The van der Waals surface area contributed by atoms with Crippen LogP contribution in [0.5, 0.6) is 11.5 Å². The van der Waals surface area contributed by atoms with Crippen LogP contribution in [-0.2, 0) is 22.4 Å². The number of carbonyl (C=O) groups excluding carboxylic acids is 1. The van der Waals surface area contributed by atoms with Gasteiger partial charge in [0.1, 0.15) is 17.8 Å². The number of carboxylic acid groups (broad SMARTS) is 1. The maximum atomic E-state index is 11.6. The minimum atomic E-state index is -0.852. The van der Waals surface area contributed by atoms with E-state index in [0.717, 1.165) is 23.2 Å². The molecule has 1 unspecified atom stereocenters. The first-order valence-corrected chi connectivity index (χ1v) is 8.60. The van der Waals surface area contributed by atoms with Gasteiger partial charge in [0.2, 0.25) is 0 Å². The summed E-state index contributed by atoms with van der Waals surface area (Å²) in [4.78, 5) is 23.0. The summed E-state index contributed by atoms with van der Waals surface area (Å²) >= 11 is 0. The fourth-order valence-corrected chi connectivity index (χ4v) is 2.93. The van der Waals surface area contributed by atoms with Crippen molar-refractivity contribution in [2.75, 3.05) is 7.11 Å². The van der Waals surface area contributed by atoms with Crippen molar-refractivity contribution < 1.29 is 24.5 Å². The molecule has 2 N–H and O–H groups in total. The molecule has 138 valence electrons. The number of hydrogen-bond donors (Lipinski definition) is 2. The van der Waals surface area contributed by atoms with E-state index in [0.29, 0.717) is 25.7 Å². The zero-order valence-corrected chi connectivity index (χ0v) is 14.8. The van der Waals surface area contributed by atoms with Crippen LogP contribution in [0.1, 0.15) is 24.0 Å². The van der Waals surface area contributed by atoms with Gasteiger partial charge < -0.3 is 19.7 Å². The molecule has 26 heavy (non-hydrogen) atoms. The van der Waals surface area contributed by atoms with Crippen molar-refractivity contribution in [1.82, 2.24) is 0 Å². The summed E-state index contributed by atoms with van der Waals surface area (Å²) in [6, 6.07) is 14.1. The second-order valence-electron chi connectivity index (χ2n) is 6.43. The molecule has 2 aromatic rings. The van der Waals surface area contributed by atoms with E-state index < -0.39 is 11.9 Å². The van der Waals surface area contributed by atoms with E-state index in [2.05, 4.69) is 0 Å². The number of benzene rings is 2. The molecule has 0 spiro atoms. The minimum Gasteiger partial charge on any atom is -0.508 e. The molecule has 5 heteroatoms. The van der Waals surface area contributed by atoms with E-state index >= 15 is 0 Å². The summed E-state index contributed by atoms with van der Waals surface area (Å²) in [5.74, 6) is -0.713. The minimum absolute atomic E-state index is 0.182. The average Bonchev–Trinajstić information content (AvgIpc) is 2.65. The number of phenols is 1. The molecule has 0 heterocycles. The van der Waals surface area contributed by atoms with Gasteiger partial charge in [-0.3, -0.25) is 4.79 Å². The van der Waals surface area contributed by atoms with Crippen LogP contribution in [0.4, 0.5) is 0 Å². The molecule has 0 aromatic heterocycles. The van der Waals surface area contributed by atoms with E-state index in [4.69, 9.17) is 4.74 Å². The number of hydrogen-bond acceptors (Lipinski definition) is 4. The highest BCUT2D eigenvalue weighted by molar-refractivity contribution is 5.70. The van der Waals surface area contributed by atoms with Crippen LogP contribution in [0.25, 0.3) is 0 Å². The Bertz CT molecular complexity index is 706. The van der Waals surface area contributed by atoms with Gasteiger partial charge in [0.25, 0.3) is 0 Å². The van der Waals surface area contributed by atoms with Gasteiger partial charge in [-0.1, -0.05) is 24.3 Å². The zero-order valence-electron chi connectivity index (χ0n) is 14.8. The first-order chi connectivity index (χ1) is 12.5. The topological polar surface area (TPSA) is 83.8 Å². The molecule has 0 saturated heterocycles. The molecule has 0 aliphatic carbocycles. The van der Waals surface area contributed by atoms with E-state index in [1.165, 1.54) is 0 Å². The number of methoxy groups -OCH3 is 1. The Kier molecular flexibility index (Phi) is 7.21. The Balaban J connectivity index is 1.93. The molecule has 0 radical (unpaired) electrons. The summed E-state index contributed by atoms with van der Waals surface area (Å²) in [6.45, 7) is 0. The molecule has 0 saturated carbocycles. The maximum absolute atomic E-state index is 11.6. The van der Waals surface area contributed by atoms with Gasteiger partial charge in [0, 0.05) is 5.92 Å². The second-order valence-corrected chi connectivity index (χ2v) is 6.43. The SMILES string of the molecule is COc1ccc(CC(CC[C@@H](C=O)Cc2ccc(O)cc2)C(=O)O)cc1. The summed E-state index contributed by atoms with van der Waals surface area (Å²) in [5.41, 5.74) is 1.88. The highest BCUT2D eigenvalue weighted by Gasteiger charge is 2.20. The van der Waals surface area contributed by atoms with Gasteiger partial charge in [0.05, 0.1) is 13.0 Å². The Hall–Kier alpha value is -2.82. The number of ether oxygens (including phenoxy) is 1.